The molecule has 26 heavy (non-hydrogen) atoms. The minimum Gasteiger partial charge on any atom is -0.307 e. The fraction of sp³-hybridized carbons (Fsp3) is 0.450. The molecule has 1 saturated heterocycles. The molecule has 0 spiro atoms. The first-order valence-corrected chi connectivity index (χ1v) is 9.12. The molecule has 1 fully saturated rings. The quantitative estimate of drug-likeness (QED) is 0.724. The Hall–Kier alpha value is -2.47. The lowest BCUT2D eigenvalue weighted by molar-refractivity contribution is 0.0752. The molecule has 4 rings (SSSR count). The highest BCUT2D eigenvalue weighted by molar-refractivity contribution is 5.39. The van der Waals surface area contributed by atoms with Crippen molar-refractivity contribution in [2.45, 2.75) is 39.3 Å². The molecule has 0 amide bonds. The first-order chi connectivity index (χ1) is 12.4. The number of pyridine rings is 1. The Balaban J connectivity index is 1.37. The van der Waals surface area contributed by atoms with Crippen LogP contribution in [0.4, 0.5) is 0 Å². The van der Waals surface area contributed by atoms with Crippen LogP contribution in [0.2, 0.25) is 0 Å². The molecule has 3 aromatic rings. The third-order valence-electron chi connectivity index (χ3n) is 4.90. The number of hydrogen-bond donors (Lipinski definition) is 0. The summed E-state index contributed by atoms with van der Waals surface area (Å²) in [6.07, 6.45) is 4.10. The highest BCUT2D eigenvalue weighted by atomic mass is 16.1. The molecule has 3 aromatic heterocycles. The zero-order chi connectivity index (χ0) is 18.3. The van der Waals surface area contributed by atoms with Crippen molar-refractivity contribution in [3.8, 4) is 0 Å². The summed E-state index contributed by atoms with van der Waals surface area (Å²) in [4.78, 5) is 19.1. The van der Waals surface area contributed by atoms with Crippen molar-refractivity contribution in [1.82, 2.24) is 24.1 Å². The predicted octanol–water partition coefficient (Wildman–Crippen LogP) is 2.32. The minimum atomic E-state index is -0.0514. The van der Waals surface area contributed by atoms with Gasteiger partial charge in [0.15, 0.2) is 0 Å². The Bertz CT molecular complexity index is 943. The molecule has 1 aliphatic heterocycles. The van der Waals surface area contributed by atoms with Gasteiger partial charge in [-0.1, -0.05) is 26.8 Å². The molecule has 0 unspecified atom stereocenters. The van der Waals surface area contributed by atoms with Gasteiger partial charge >= 0.3 is 0 Å². The Morgan fingerprint density at radius 1 is 1.15 bits per heavy atom. The topological polar surface area (TPSA) is 55.4 Å². The maximum atomic E-state index is 12.1. The van der Waals surface area contributed by atoms with Gasteiger partial charge in [-0.05, 0) is 18.2 Å². The highest BCUT2D eigenvalue weighted by Crippen LogP contribution is 2.21. The van der Waals surface area contributed by atoms with Crippen LogP contribution in [0, 0.1) is 5.92 Å². The number of likely N-dealkylation sites (tertiary alicyclic amines) is 1. The van der Waals surface area contributed by atoms with Gasteiger partial charge < -0.3 is 4.40 Å². The number of hydrogen-bond acceptors (Lipinski definition) is 4. The molecule has 0 radical (unpaired) electrons. The molecular formula is C20H25N5O. The standard InChI is InChI=1S/C20H25N5O/c1-20(2,3)17-7-8-19(26)25(22-17)12-15-10-23(11-15)13-16-14-24-9-5-4-6-18(24)21-16/h4-9,14-15H,10-13H2,1-3H3. The molecule has 4 heterocycles. The van der Waals surface area contributed by atoms with E-state index in [0.717, 1.165) is 36.7 Å². The molecule has 0 aromatic carbocycles. The van der Waals surface area contributed by atoms with Gasteiger partial charge in [0.25, 0.3) is 5.56 Å². The normalized spacial score (nSPS) is 16.1. The highest BCUT2D eigenvalue weighted by Gasteiger charge is 2.28. The number of aromatic nitrogens is 4. The van der Waals surface area contributed by atoms with Crippen LogP contribution in [-0.4, -0.2) is 37.2 Å². The van der Waals surface area contributed by atoms with Gasteiger partial charge in [0, 0.05) is 49.4 Å². The van der Waals surface area contributed by atoms with Crippen molar-refractivity contribution in [2.24, 2.45) is 5.92 Å². The SMILES string of the molecule is CC(C)(C)c1ccc(=O)n(CC2CN(Cc3cn4ccccc4n3)C2)n1. The lowest BCUT2D eigenvalue weighted by Crippen LogP contribution is -2.49. The monoisotopic (exact) mass is 351 g/mol. The molecule has 136 valence electrons. The van der Waals surface area contributed by atoms with Crippen LogP contribution in [0.5, 0.6) is 0 Å². The van der Waals surface area contributed by atoms with Gasteiger partial charge in [0.2, 0.25) is 0 Å². The molecule has 0 atom stereocenters. The number of nitrogens with zero attached hydrogens (tertiary/aromatic N) is 5. The molecule has 0 saturated carbocycles. The van der Waals surface area contributed by atoms with Crippen molar-refractivity contribution in [2.75, 3.05) is 13.1 Å². The summed E-state index contributed by atoms with van der Waals surface area (Å²) >= 11 is 0. The average Bonchev–Trinajstić information content (AvgIpc) is 2.96. The molecule has 0 aliphatic carbocycles. The Morgan fingerprint density at radius 2 is 1.96 bits per heavy atom. The summed E-state index contributed by atoms with van der Waals surface area (Å²) in [7, 11) is 0. The number of rotatable bonds is 4. The number of imidazole rings is 1. The van der Waals surface area contributed by atoms with Crippen LogP contribution in [0.15, 0.2) is 47.5 Å². The third-order valence-corrected chi connectivity index (χ3v) is 4.90. The second-order valence-electron chi connectivity index (χ2n) is 8.25. The van der Waals surface area contributed by atoms with Crippen molar-refractivity contribution in [3.63, 3.8) is 0 Å². The molecule has 0 bridgehead atoms. The van der Waals surface area contributed by atoms with Gasteiger partial charge in [0.05, 0.1) is 17.9 Å². The summed E-state index contributed by atoms with van der Waals surface area (Å²) in [6.45, 7) is 9.83. The van der Waals surface area contributed by atoms with Crippen LogP contribution >= 0.6 is 0 Å². The summed E-state index contributed by atoms with van der Waals surface area (Å²) in [5, 5.41) is 4.57. The van der Waals surface area contributed by atoms with Crippen molar-refractivity contribution in [1.29, 1.82) is 0 Å². The second kappa shape index (κ2) is 6.36. The summed E-state index contributed by atoms with van der Waals surface area (Å²) in [6, 6.07) is 9.51. The van der Waals surface area contributed by atoms with Crippen LogP contribution in [0.25, 0.3) is 5.65 Å². The van der Waals surface area contributed by atoms with Gasteiger partial charge in [-0.15, -0.1) is 0 Å². The average molecular weight is 351 g/mol. The van der Waals surface area contributed by atoms with Crippen LogP contribution in [0.3, 0.4) is 0 Å². The van der Waals surface area contributed by atoms with E-state index in [2.05, 4.69) is 42.0 Å². The van der Waals surface area contributed by atoms with Gasteiger partial charge in [0.1, 0.15) is 5.65 Å². The van der Waals surface area contributed by atoms with Crippen molar-refractivity contribution >= 4 is 5.65 Å². The van der Waals surface area contributed by atoms with Crippen LogP contribution in [0.1, 0.15) is 32.2 Å². The molecule has 6 heteroatoms. The first kappa shape index (κ1) is 17.0. The van der Waals surface area contributed by atoms with Crippen molar-refractivity contribution < 1.29 is 0 Å². The van der Waals surface area contributed by atoms with Gasteiger partial charge in [-0.2, -0.15) is 5.10 Å². The lowest BCUT2D eigenvalue weighted by Gasteiger charge is -2.38. The fourth-order valence-corrected chi connectivity index (χ4v) is 3.44. The van der Waals surface area contributed by atoms with E-state index in [1.165, 1.54) is 0 Å². The van der Waals surface area contributed by atoms with E-state index < -0.39 is 0 Å². The molecular weight excluding hydrogens is 326 g/mol. The van der Waals surface area contributed by atoms with Crippen LogP contribution in [-0.2, 0) is 18.5 Å². The zero-order valence-electron chi connectivity index (χ0n) is 15.6. The predicted molar refractivity (Wildman–Crippen MR) is 101 cm³/mol. The fourth-order valence-electron chi connectivity index (χ4n) is 3.44. The lowest BCUT2D eigenvalue weighted by atomic mass is 9.92. The number of fused-ring (bicyclic) bond motifs is 1. The van der Waals surface area contributed by atoms with E-state index in [4.69, 9.17) is 0 Å². The van der Waals surface area contributed by atoms with E-state index >= 15 is 0 Å². The van der Waals surface area contributed by atoms with E-state index in [1.807, 2.05) is 34.9 Å². The van der Waals surface area contributed by atoms with Crippen LogP contribution < -0.4 is 5.56 Å². The zero-order valence-corrected chi connectivity index (χ0v) is 15.6. The summed E-state index contributed by atoms with van der Waals surface area (Å²) < 4.78 is 3.68. The Labute approximate surface area is 153 Å². The molecule has 0 N–H and O–H groups in total. The van der Waals surface area contributed by atoms with Gasteiger partial charge in [-0.25, -0.2) is 9.67 Å². The minimum absolute atomic E-state index is 0.0169. The Kier molecular flexibility index (Phi) is 4.15. The molecule has 1 aliphatic rings. The van der Waals surface area contributed by atoms with E-state index in [0.29, 0.717) is 12.5 Å². The largest absolute Gasteiger partial charge is 0.307 e. The maximum absolute atomic E-state index is 12.1. The van der Waals surface area contributed by atoms with E-state index in [9.17, 15) is 4.79 Å². The second-order valence-corrected chi connectivity index (χ2v) is 8.25. The van der Waals surface area contributed by atoms with E-state index in [1.54, 1.807) is 10.7 Å². The van der Waals surface area contributed by atoms with Crippen molar-refractivity contribution in [3.05, 3.63) is 64.5 Å². The Morgan fingerprint density at radius 3 is 2.69 bits per heavy atom. The summed E-state index contributed by atoms with van der Waals surface area (Å²) in [5.41, 5.74) is 2.95. The van der Waals surface area contributed by atoms with E-state index in [-0.39, 0.29) is 11.0 Å². The summed E-state index contributed by atoms with van der Waals surface area (Å²) in [5.74, 6) is 0.465. The van der Waals surface area contributed by atoms with Gasteiger partial charge in [-0.3, -0.25) is 9.69 Å². The smallest absolute Gasteiger partial charge is 0.266 e. The maximum Gasteiger partial charge on any atom is 0.266 e. The molecule has 6 nitrogen and oxygen atoms in total. The first-order valence-electron chi connectivity index (χ1n) is 9.12. The third kappa shape index (κ3) is 3.42.